The summed E-state index contributed by atoms with van der Waals surface area (Å²) in [5.41, 5.74) is 4.90. The lowest BCUT2D eigenvalue weighted by Crippen LogP contribution is -2.35. The zero-order valence-electron chi connectivity index (χ0n) is 17.0. The highest BCUT2D eigenvalue weighted by molar-refractivity contribution is 7.89. The predicted octanol–water partition coefficient (Wildman–Crippen LogP) is 4.34. The number of non-ortho nitro benzene ring substituents is 1. The predicted molar refractivity (Wildman–Crippen MR) is 124 cm³/mol. The van der Waals surface area contributed by atoms with Crippen LogP contribution >= 0.6 is 11.3 Å². The number of sulfonamides is 1. The van der Waals surface area contributed by atoms with Crippen molar-refractivity contribution in [1.82, 2.24) is 9.29 Å². The maximum absolute atomic E-state index is 12.8. The van der Waals surface area contributed by atoms with Gasteiger partial charge < -0.3 is 0 Å². The van der Waals surface area contributed by atoms with E-state index in [2.05, 4.69) is 15.5 Å². The van der Waals surface area contributed by atoms with Gasteiger partial charge in [0.1, 0.15) is 0 Å². The van der Waals surface area contributed by atoms with Crippen LogP contribution in [0.1, 0.15) is 24.8 Å². The number of hydrogen-bond acceptors (Lipinski definition) is 8. The summed E-state index contributed by atoms with van der Waals surface area (Å²) in [6.45, 7) is 1.14. The number of nitrogens with zero attached hydrogens (tertiary/aromatic N) is 4. The van der Waals surface area contributed by atoms with Gasteiger partial charge in [-0.1, -0.05) is 30.7 Å². The molecular weight excluding hydrogens is 450 g/mol. The summed E-state index contributed by atoms with van der Waals surface area (Å²) in [4.78, 5) is 15.1. The van der Waals surface area contributed by atoms with Crippen LogP contribution in [0, 0.1) is 10.1 Å². The number of nitrogens with one attached hydrogen (secondary N) is 1. The number of nitro groups is 1. The molecule has 1 saturated heterocycles. The summed E-state index contributed by atoms with van der Waals surface area (Å²) >= 11 is 1.35. The first-order valence-electron chi connectivity index (χ1n) is 10.0. The molecule has 0 amide bonds. The van der Waals surface area contributed by atoms with Gasteiger partial charge in [-0.25, -0.2) is 13.4 Å². The number of benzene rings is 2. The molecule has 3 aromatic rings. The molecule has 0 unspecified atom stereocenters. The average Bonchev–Trinajstić information content (AvgIpc) is 3.29. The highest BCUT2D eigenvalue weighted by Gasteiger charge is 2.25. The Morgan fingerprint density at radius 1 is 1.12 bits per heavy atom. The van der Waals surface area contributed by atoms with Gasteiger partial charge in [-0.05, 0) is 25.0 Å². The van der Waals surface area contributed by atoms with Crippen molar-refractivity contribution in [3.05, 3.63) is 69.6 Å². The van der Waals surface area contributed by atoms with Gasteiger partial charge >= 0.3 is 0 Å². The summed E-state index contributed by atoms with van der Waals surface area (Å²) in [6, 6.07) is 12.9. The number of hydrogen-bond donors (Lipinski definition) is 1. The monoisotopic (exact) mass is 471 g/mol. The van der Waals surface area contributed by atoms with E-state index >= 15 is 0 Å². The molecule has 1 N–H and O–H groups in total. The van der Waals surface area contributed by atoms with Gasteiger partial charge in [-0.2, -0.15) is 9.41 Å². The van der Waals surface area contributed by atoms with Gasteiger partial charge in [0.25, 0.3) is 5.69 Å². The van der Waals surface area contributed by atoms with Crippen LogP contribution < -0.4 is 5.43 Å². The molecule has 0 atom stereocenters. The number of aromatic nitrogens is 1. The zero-order chi connectivity index (χ0) is 22.6. The molecule has 9 nitrogen and oxygen atoms in total. The average molecular weight is 472 g/mol. The lowest BCUT2D eigenvalue weighted by Gasteiger charge is -2.25. The maximum atomic E-state index is 12.8. The minimum absolute atomic E-state index is 0.00349. The molecule has 0 spiro atoms. The Morgan fingerprint density at radius 3 is 2.59 bits per heavy atom. The maximum Gasteiger partial charge on any atom is 0.270 e. The minimum Gasteiger partial charge on any atom is -0.258 e. The normalized spacial score (nSPS) is 15.1. The Hall–Kier alpha value is -3.15. The Morgan fingerprint density at radius 2 is 1.88 bits per heavy atom. The van der Waals surface area contributed by atoms with Crippen molar-refractivity contribution in [1.29, 1.82) is 0 Å². The molecule has 1 aliphatic heterocycles. The second kappa shape index (κ2) is 9.55. The van der Waals surface area contributed by atoms with E-state index < -0.39 is 14.9 Å². The van der Waals surface area contributed by atoms with Gasteiger partial charge in [0.05, 0.1) is 21.7 Å². The molecule has 0 bridgehead atoms. The van der Waals surface area contributed by atoms with Gasteiger partial charge in [0, 0.05) is 41.7 Å². The van der Waals surface area contributed by atoms with Crippen molar-refractivity contribution in [2.24, 2.45) is 5.10 Å². The minimum atomic E-state index is -3.46. The van der Waals surface area contributed by atoms with Crippen molar-refractivity contribution in [3.63, 3.8) is 0 Å². The van der Waals surface area contributed by atoms with Crippen LogP contribution in [0.4, 0.5) is 10.8 Å². The molecule has 0 saturated carbocycles. The van der Waals surface area contributed by atoms with Crippen molar-refractivity contribution in [3.8, 4) is 11.3 Å². The Bertz CT molecular complexity index is 1230. The number of nitro benzene ring substituents is 1. The second-order valence-corrected chi connectivity index (χ2v) is 10.0. The Labute approximate surface area is 189 Å². The fourth-order valence-corrected chi connectivity index (χ4v) is 5.58. The number of rotatable bonds is 7. The molecule has 2 aromatic carbocycles. The smallest absolute Gasteiger partial charge is 0.258 e. The molecule has 1 aromatic heterocycles. The summed E-state index contributed by atoms with van der Waals surface area (Å²) in [5, 5.41) is 17.3. The third kappa shape index (κ3) is 5.01. The fraction of sp³-hybridized carbons (Fsp3) is 0.238. The van der Waals surface area contributed by atoms with Crippen molar-refractivity contribution in [2.45, 2.75) is 24.2 Å². The molecule has 0 aliphatic carbocycles. The number of thiazole rings is 1. The first-order valence-corrected chi connectivity index (χ1v) is 12.3. The third-order valence-electron chi connectivity index (χ3n) is 5.06. The quantitative estimate of drug-likeness (QED) is 0.311. The highest BCUT2D eigenvalue weighted by atomic mass is 32.2. The Balaban J connectivity index is 1.42. The molecule has 166 valence electrons. The van der Waals surface area contributed by atoms with Gasteiger partial charge in [-0.3, -0.25) is 15.5 Å². The van der Waals surface area contributed by atoms with Gasteiger partial charge in [-0.15, -0.1) is 11.3 Å². The van der Waals surface area contributed by atoms with E-state index in [1.165, 1.54) is 29.7 Å². The third-order valence-corrected chi connectivity index (χ3v) is 7.72. The van der Waals surface area contributed by atoms with Crippen LogP contribution in [0.3, 0.4) is 0 Å². The number of hydrazone groups is 1. The molecule has 1 fully saturated rings. The van der Waals surface area contributed by atoms with Crippen LogP contribution in [-0.4, -0.2) is 41.9 Å². The molecule has 2 heterocycles. The lowest BCUT2D eigenvalue weighted by atomic mass is 10.2. The van der Waals surface area contributed by atoms with E-state index in [0.717, 1.165) is 24.8 Å². The van der Waals surface area contributed by atoms with Crippen LogP contribution in [0.25, 0.3) is 11.3 Å². The summed E-state index contributed by atoms with van der Waals surface area (Å²) in [5.74, 6) is 0. The topological polar surface area (TPSA) is 118 Å². The summed E-state index contributed by atoms with van der Waals surface area (Å²) < 4.78 is 27.1. The lowest BCUT2D eigenvalue weighted by molar-refractivity contribution is -0.384. The fourth-order valence-electron chi connectivity index (χ4n) is 3.39. The van der Waals surface area contributed by atoms with E-state index in [9.17, 15) is 18.5 Å². The zero-order valence-corrected chi connectivity index (χ0v) is 18.7. The first kappa shape index (κ1) is 22.1. The largest absolute Gasteiger partial charge is 0.270 e. The van der Waals surface area contributed by atoms with Crippen molar-refractivity contribution in [2.75, 3.05) is 18.5 Å². The van der Waals surface area contributed by atoms with Crippen LogP contribution in [0.15, 0.2) is 63.9 Å². The first-order chi connectivity index (χ1) is 15.4. The van der Waals surface area contributed by atoms with E-state index in [-0.39, 0.29) is 5.69 Å². The molecule has 0 radical (unpaired) electrons. The van der Waals surface area contributed by atoms with Gasteiger partial charge in [0.15, 0.2) is 0 Å². The SMILES string of the molecule is O=[N+]([O-])c1cccc(/C=N\Nc2nc(-c3ccc(S(=O)(=O)N4CCCCC4)cc3)cs2)c1. The van der Waals surface area contributed by atoms with Crippen LogP contribution in [0.2, 0.25) is 0 Å². The molecule has 11 heteroatoms. The van der Waals surface area contributed by atoms with Crippen molar-refractivity contribution >= 4 is 38.4 Å². The Kier molecular flexibility index (Phi) is 6.58. The number of piperidine rings is 1. The van der Waals surface area contributed by atoms with Crippen LogP contribution in [-0.2, 0) is 10.0 Å². The second-order valence-electron chi connectivity index (χ2n) is 7.25. The van der Waals surface area contributed by atoms with E-state index in [0.29, 0.717) is 34.4 Å². The number of anilines is 1. The van der Waals surface area contributed by atoms with Gasteiger partial charge in [0.2, 0.25) is 15.2 Å². The summed E-state index contributed by atoms with van der Waals surface area (Å²) in [6.07, 6.45) is 4.35. The van der Waals surface area contributed by atoms with Crippen molar-refractivity contribution < 1.29 is 13.3 Å². The van der Waals surface area contributed by atoms with E-state index in [4.69, 9.17) is 0 Å². The van der Waals surface area contributed by atoms with Crippen LogP contribution in [0.5, 0.6) is 0 Å². The van der Waals surface area contributed by atoms with E-state index in [1.54, 1.807) is 40.7 Å². The molecular formula is C21H21N5O4S2. The molecule has 4 rings (SSSR count). The molecule has 1 aliphatic rings. The van der Waals surface area contributed by atoms with E-state index in [1.807, 2.05) is 5.38 Å². The molecule has 32 heavy (non-hydrogen) atoms. The summed E-state index contributed by atoms with van der Waals surface area (Å²) in [7, 11) is -3.46. The standard InChI is InChI=1S/C21H21N5O4S2/c27-26(28)18-6-4-5-16(13-18)14-22-24-21-23-20(15-31-21)17-7-9-19(10-8-17)32(29,30)25-11-2-1-3-12-25/h4-10,13-15H,1-3,11-12H2,(H,23,24)/b22-14-. The highest BCUT2D eigenvalue weighted by Crippen LogP contribution is 2.27.